The summed E-state index contributed by atoms with van der Waals surface area (Å²) in [6, 6.07) is 46.9. The monoisotopic (exact) mass is 1020 g/mol. The normalized spacial score (nSPS) is 10.5. The number of anilines is 2. The van der Waals surface area contributed by atoms with Crippen LogP contribution >= 0.6 is 23.5 Å². The van der Waals surface area contributed by atoms with Crippen LogP contribution in [0.5, 0.6) is 23.0 Å². The number of para-hydroxylation sites is 2. The summed E-state index contributed by atoms with van der Waals surface area (Å²) in [6.45, 7) is 2.44. The zero-order valence-electron chi connectivity index (χ0n) is 40.1. The van der Waals surface area contributed by atoms with Gasteiger partial charge in [0.1, 0.15) is 36.2 Å². The van der Waals surface area contributed by atoms with E-state index in [1.807, 2.05) is 118 Å². The highest BCUT2D eigenvalue weighted by Crippen LogP contribution is 2.27. The van der Waals surface area contributed by atoms with Crippen LogP contribution in [0, 0.1) is 0 Å². The van der Waals surface area contributed by atoms with Crippen molar-refractivity contribution < 1.29 is 47.6 Å². The minimum Gasteiger partial charge on any atom is -0.497 e. The van der Waals surface area contributed by atoms with Gasteiger partial charge in [0.2, 0.25) is 11.8 Å². The van der Waals surface area contributed by atoms with Gasteiger partial charge in [-0.2, -0.15) is 0 Å². The number of methoxy groups -OCH3 is 3. The molecule has 0 aliphatic carbocycles. The van der Waals surface area contributed by atoms with E-state index < -0.39 is 11.9 Å². The van der Waals surface area contributed by atoms with E-state index in [4.69, 9.17) is 23.7 Å². The third kappa shape index (κ3) is 15.0. The van der Waals surface area contributed by atoms with E-state index in [1.165, 1.54) is 30.6 Å². The molecule has 0 unspecified atom stereocenters. The van der Waals surface area contributed by atoms with Crippen molar-refractivity contribution in [3.8, 4) is 34.4 Å². The summed E-state index contributed by atoms with van der Waals surface area (Å²) in [6.07, 6.45) is 0. The number of hydrogen-bond acceptors (Lipinski definition) is 16. The minimum atomic E-state index is -0.437. The summed E-state index contributed by atoms with van der Waals surface area (Å²) in [4.78, 5) is 48.6. The number of amides is 2. The number of hydrogen-bond donors (Lipinski definition) is 2. The number of benzene rings is 6. The maximum Gasteiger partial charge on any atom is 0.338 e. The van der Waals surface area contributed by atoms with Crippen LogP contribution in [0.15, 0.2) is 168 Å². The van der Waals surface area contributed by atoms with Crippen molar-refractivity contribution >= 4 is 58.7 Å². The first kappa shape index (κ1) is 52.2. The van der Waals surface area contributed by atoms with Crippen molar-refractivity contribution in [2.24, 2.45) is 0 Å². The Balaban J connectivity index is 0.000000214. The van der Waals surface area contributed by atoms with Crippen LogP contribution < -0.4 is 29.6 Å². The standard InChI is InChI=1S/C27H26N4O5S.C26H24N4O5S/c1-3-35-26(33)19-9-11-20(12-10-19)28-25(32)18-37-27-30-29-24(17-36-23-7-5-4-6-8-23)31(27)21-13-15-22(34-2)16-14-21;1-33-21-14-12-20(13-15-21)30-23(16-35-22-6-4-3-5-7-22)28-29-26(30)36-17-24(31)27-19-10-8-18(9-11-19)25(32)34-2/h4-16H,3,17-18H2,1-2H3,(H,28,32);3-15H,16-17H2,1-2H3,(H,27,31). The van der Waals surface area contributed by atoms with Gasteiger partial charge in [-0.1, -0.05) is 59.9 Å². The van der Waals surface area contributed by atoms with Gasteiger partial charge in [-0.25, -0.2) is 9.59 Å². The predicted octanol–water partition coefficient (Wildman–Crippen LogP) is 9.13. The van der Waals surface area contributed by atoms with Gasteiger partial charge < -0.3 is 39.1 Å². The molecule has 0 radical (unpaired) electrons. The van der Waals surface area contributed by atoms with Gasteiger partial charge in [0, 0.05) is 22.7 Å². The molecule has 374 valence electrons. The number of nitrogens with one attached hydrogen (secondary N) is 2. The third-order valence-corrected chi connectivity index (χ3v) is 12.1. The Bertz CT molecular complexity index is 3050. The Kier molecular flexibility index (Phi) is 19.0. The summed E-state index contributed by atoms with van der Waals surface area (Å²) in [7, 11) is 4.53. The number of carbonyl (C=O) groups is 4. The molecular weight excluding hydrogens is 973 g/mol. The first-order valence-electron chi connectivity index (χ1n) is 22.5. The fourth-order valence-corrected chi connectivity index (χ4v) is 8.19. The van der Waals surface area contributed by atoms with Crippen LogP contribution in [0.1, 0.15) is 39.3 Å². The molecule has 0 aliphatic rings. The fourth-order valence-electron chi connectivity index (χ4n) is 6.65. The Morgan fingerprint density at radius 2 is 0.877 bits per heavy atom. The van der Waals surface area contributed by atoms with Gasteiger partial charge >= 0.3 is 11.9 Å². The van der Waals surface area contributed by atoms with Crippen LogP contribution in [0.3, 0.4) is 0 Å². The average molecular weight is 1020 g/mol. The fraction of sp³-hybridized carbons (Fsp3) is 0.170. The molecule has 2 amide bonds. The molecule has 0 bridgehead atoms. The largest absolute Gasteiger partial charge is 0.497 e. The number of nitrogens with zero attached hydrogens (tertiary/aromatic N) is 6. The van der Waals surface area contributed by atoms with Gasteiger partial charge in [0.05, 0.1) is 50.6 Å². The second kappa shape index (κ2) is 26.6. The predicted molar refractivity (Wildman–Crippen MR) is 276 cm³/mol. The van der Waals surface area contributed by atoms with Gasteiger partial charge in [-0.15, -0.1) is 20.4 Å². The quantitative estimate of drug-likeness (QED) is 0.0508. The maximum absolute atomic E-state index is 12.6. The van der Waals surface area contributed by atoms with E-state index in [1.54, 1.807) is 69.7 Å². The van der Waals surface area contributed by atoms with E-state index in [2.05, 4.69) is 35.8 Å². The van der Waals surface area contributed by atoms with Crippen molar-refractivity contribution in [1.82, 2.24) is 29.5 Å². The first-order valence-corrected chi connectivity index (χ1v) is 24.5. The summed E-state index contributed by atoms with van der Waals surface area (Å²) in [5.41, 5.74) is 3.60. The van der Waals surface area contributed by atoms with Gasteiger partial charge in [0.25, 0.3) is 0 Å². The number of thioether (sulfide) groups is 2. The molecule has 8 aromatic rings. The molecular formula is C53H50N8O10S2. The molecule has 0 atom stereocenters. The Labute approximate surface area is 429 Å². The lowest BCUT2D eigenvalue weighted by Gasteiger charge is -2.12. The second-order valence-corrected chi connectivity index (χ2v) is 17.0. The molecule has 18 nitrogen and oxygen atoms in total. The Morgan fingerprint density at radius 3 is 1.25 bits per heavy atom. The van der Waals surface area contributed by atoms with Crippen LogP contribution in [0.25, 0.3) is 11.4 Å². The molecule has 0 aliphatic heterocycles. The number of aromatic nitrogens is 6. The van der Waals surface area contributed by atoms with Crippen LogP contribution in [-0.4, -0.2) is 92.7 Å². The van der Waals surface area contributed by atoms with E-state index in [-0.39, 0.29) is 36.5 Å². The van der Waals surface area contributed by atoms with E-state index in [9.17, 15) is 19.2 Å². The second-order valence-electron chi connectivity index (χ2n) is 15.1. The van der Waals surface area contributed by atoms with Crippen molar-refractivity contribution in [2.45, 2.75) is 30.5 Å². The Hall–Kier alpha value is -8.62. The topological polar surface area (TPSA) is 209 Å². The van der Waals surface area contributed by atoms with Crippen LogP contribution in [0.4, 0.5) is 11.4 Å². The molecule has 6 aromatic carbocycles. The molecule has 2 heterocycles. The van der Waals surface area contributed by atoms with Gasteiger partial charge in [0.15, 0.2) is 22.0 Å². The van der Waals surface area contributed by atoms with E-state index in [0.717, 1.165) is 22.9 Å². The molecule has 20 heteroatoms. The number of esters is 2. The SMILES string of the molecule is CCOC(=O)c1ccc(NC(=O)CSc2nnc(COc3ccccc3)n2-c2ccc(OC)cc2)cc1.COC(=O)c1ccc(NC(=O)CSc2nnc(COc3ccccc3)n2-c2ccc(OC)cc2)cc1. The summed E-state index contributed by atoms with van der Waals surface area (Å²) in [5, 5.41) is 24.0. The van der Waals surface area contributed by atoms with Crippen molar-refractivity contribution in [1.29, 1.82) is 0 Å². The van der Waals surface area contributed by atoms with Crippen molar-refractivity contribution in [3.05, 3.63) is 181 Å². The zero-order valence-corrected chi connectivity index (χ0v) is 41.8. The highest BCUT2D eigenvalue weighted by atomic mass is 32.2. The highest BCUT2D eigenvalue weighted by molar-refractivity contribution is 8.00. The molecule has 0 fully saturated rings. The van der Waals surface area contributed by atoms with E-state index >= 15 is 0 Å². The first-order chi connectivity index (χ1) is 35.6. The lowest BCUT2D eigenvalue weighted by Crippen LogP contribution is -2.15. The van der Waals surface area contributed by atoms with Crippen molar-refractivity contribution in [3.63, 3.8) is 0 Å². The lowest BCUT2D eigenvalue weighted by atomic mass is 10.2. The molecule has 0 saturated carbocycles. The number of carbonyl (C=O) groups excluding carboxylic acids is 4. The summed E-state index contributed by atoms with van der Waals surface area (Å²) in [5.74, 6) is 2.98. The average Bonchev–Trinajstić information content (AvgIpc) is 4.05. The van der Waals surface area contributed by atoms with Gasteiger partial charge in [-0.05, 0) is 128 Å². The lowest BCUT2D eigenvalue weighted by molar-refractivity contribution is -0.114. The maximum atomic E-state index is 12.6. The molecule has 8 rings (SSSR count). The van der Waals surface area contributed by atoms with Gasteiger partial charge in [-0.3, -0.25) is 18.7 Å². The molecule has 0 saturated heterocycles. The Morgan fingerprint density at radius 1 is 0.479 bits per heavy atom. The van der Waals surface area contributed by atoms with Crippen LogP contribution in [0.2, 0.25) is 0 Å². The van der Waals surface area contributed by atoms with Crippen molar-refractivity contribution in [2.75, 3.05) is 50.1 Å². The molecule has 0 spiro atoms. The van der Waals surface area contributed by atoms with Crippen LogP contribution in [-0.2, 0) is 32.3 Å². The molecule has 73 heavy (non-hydrogen) atoms. The molecule has 2 aromatic heterocycles. The highest BCUT2D eigenvalue weighted by Gasteiger charge is 2.19. The zero-order chi connectivity index (χ0) is 51.4. The summed E-state index contributed by atoms with van der Waals surface area (Å²) < 4.78 is 35.7. The minimum absolute atomic E-state index is 0.104. The smallest absolute Gasteiger partial charge is 0.338 e. The summed E-state index contributed by atoms with van der Waals surface area (Å²) >= 11 is 2.50. The number of ether oxygens (including phenoxy) is 6. The van der Waals surface area contributed by atoms with E-state index in [0.29, 0.717) is 62.6 Å². The number of rotatable bonds is 21. The molecule has 2 N–H and O–H groups in total. The third-order valence-electron chi connectivity index (χ3n) is 10.2.